The third-order valence-corrected chi connectivity index (χ3v) is 2.56. The Kier molecular flexibility index (Phi) is 2.21. The molecule has 1 fully saturated rings. The van der Waals surface area contributed by atoms with Gasteiger partial charge in [-0.3, -0.25) is 5.41 Å². The molecule has 1 aliphatic rings. The number of nitrogens with one attached hydrogen (secondary N) is 1. The third kappa shape index (κ3) is 1.55. The Morgan fingerprint density at radius 3 is 2.55 bits per heavy atom. The van der Waals surface area contributed by atoms with E-state index >= 15 is 0 Å². The van der Waals surface area contributed by atoms with E-state index in [2.05, 4.69) is 25.7 Å². The molecule has 2 heteroatoms. The van der Waals surface area contributed by atoms with E-state index in [4.69, 9.17) is 5.41 Å². The van der Waals surface area contributed by atoms with Crippen LogP contribution >= 0.6 is 0 Å². The zero-order valence-electron chi connectivity index (χ0n) is 7.78. The zero-order chi connectivity index (χ0) is 8.48. The summed E-state index contributed by atoms with van der Waals surface area (Å²) >= 11 is 0. The summed E-state index contributed by atoms with van der Waals surface area (Å²) in [4.78, 5) is 2.23. The smallest absolute Gasteiger partial charge is 0.0959 e. The maximum Gasteiger partial charge on any atom is 0.0959 e. The van der Waals surface area contributed by atoms with Gasteiger partial charge in [-0.25, -0.2) is 0 Å². The predicted molar refractivity (Wildman–Crippen MR) is 48.0 cm³/mol. The van der Waals surface area contributed by atoms with Crippen molar-refractivity contribution in [3.63, 3.8) is 0 Å². The summed E-state index contributed by atoms with van der Waals surface area (Å²) in [6.07, 6.45) is 3.34. The van der Waals surface area contributed by atoms with Gasteiger partial charge in [-0.05, 0) is 26.7 Å². The van der Waals surface area contributed by atoms with E-state index in [1.54, 1.807) is 0 Å². The van der Waals surface area contributed by atoms with Gasteiger partial charge in [0.05, 0.1) is 5.84 Å². The first-order valence-electron chi connectivity index (χ1n) is 4.43. The minimum absolute atomic E-state index is 0.243. The maximum absolute atomic E-state index is 7.72. The molecule has 0 aromatic rings. The standard InChI is InChI=1S/C9H18N2/c1-4-8(10)11-7-5-6-9(11,2)3/h10H,4-7H2,1-3H3. The molecule has 1 rings (SSSR count). The number of likely N-dealkylation sites (tertiary alicyclic amines) is 1. The van der Waals surface area contributed by atoms with Crippen molar-refractivity contribution in [3.8, 4) is 0 Å². The molecule has 11 heavy (non-hydrogen) atoms. The lowest BCUT2D eigenvalue weighted by atomic mass is 10.0. The summed E-state index contributed by atoms with van der Waals surface area (Å²) in [5.41, 5.74) is 0.243. The summed E-state index contributed by atoms with van der Waals surface area (Å²) in [6.45, 7) is 7.59. The number of rotatable bonds is 1. The highest BCUT2D eigenvalue weighted by atomic mass is 15.2. The second kappa shape index (κ2) is 2.84. The molecule has 0 aromatic heterocycles. The van der Waals surface area contributed by atoms with Gasteiger partial charge in [0.2, 0.25) is 0 Å². The molecule has 0 spiro atoms. The van der Waals surface area contributed by atoms with Crippen molar-refractivity contribution >= 4 is 5.84 Å². The van der Waals surface area contributed by atoms with Crippen molar-refractivity contribution in [2.45, 2.75) is 45.6 Å². The van der Waals surface area contributed by atoms with Crippen molar-refractivity contribution in [1.29, 1.82) is 5.41 Å². The molecule has 2 nitrogen and oxygen atoms in total. The van der Waals surface area contributed by atoms with E-state index in [-0.39, 0.29) is 5.54 Å². The van der Waals surface area contributed by atoms with Gasteiger partial charge in [-0.2, -0.15) is 0 Å². The first kappa shape index (κ1) is 8.57. The second-order valence-corrected chi connectivity index (χ2v) is 3.87. The number of nitrogens with zero attached hydrogens (tertiary/aromatic N) is 1. The van der Waals surface area contributed by atoms with Crippen LogP contribution in [0.1, 0.15) is 40.0 Å². The minimum atomic E-state index is 0.243. The van der Waals surface area contributed by atoms with Crippen LogP contribution in [0.2, 0.25) is 0 Å². The van der Waals surface area contributed by atoms with Crippen LogP contribution in [0.25, 0.3) is 0 Å². The van der Waals surface area contributed by atoms with Gasteiger partial charge < -0.3 is 4.90 Å². The average Bonchev–Trinajstić information content (AvgIpc) is 2.28. The zero-order valence-corrected chi connectivity index (χ0v) is 7.78. The van der Waals surface area contributed by atoms with Crippen LogP contribution < -0.4 is 0 Å². The van der Waals surface area contributed by atoms with E-state index in [0.29, 0.717) is 0 Å². The molecule has 1 aliphatic heterocycles. The average molecular weight is 154 g/mol. The molecule has 0 saturated carbocycles. The summed E-state index contributed by atoms with van der Waals surface area (Å²) in [5.74, 6) is 0.799. The van der Waals surface area contributed by atoms with Gasteiger partial charge in [0, 0.05) is 18.5 Å². The molecule has 1 N–H and O–H groups in total. The summed E-state index contributed by atoms with van der Waals surface area (Å²) < 4.78 is 0. The highest BCUT2D eigenvalue weighted by Gasteiger charge is 2.32. The van der Waals surface area contributed by atoms with Crippen LogP contribution in [0, 0.1) is 5.41 Å². The lowest BCUT2D eigenvalue weighted by molar-refractivity contribution is 0.276. The van der Waals surface area contributed by atoms with Crippen LogP contribution in [0.15, 0.2) is 0 Å². The predicted octanol–water partition coefficient (Wildman–Crippen LogP) is 2.25. The fourth-order valence-corrected chi connectivity index (χ4v) is 1.80. The lowest BCUT2D eigenvalue weighted by Gasteiger charge is -2.33. The first-order valence-corrected chi connectivity index (χ1v) is 4.43. The van der Waals surface area contributed by atoms with Gasteiger partial charge in [0.25, 0.3) is 0 Å². The number of hydrogen-bond donors (Lipinski definition) is 1. The Morgan fingerprint density at radius 2 is 2.18 bits per heavy atom. The molecule has 0 unspecified atom stereocenters. The highest BCUT2D eigenvalue weighted by Crippen LogP contribution is 2.28. The lowest BCUT2D eigenvalue weighted by Crippen LogP contribution is -2.41. The molecule has 1 heterocycles. The molecule has 0 bridgehead atoms. The molecule has 1 saturated heterocycles. The minimum Gasteiger partial charge on any atom is -0.355 e. The summed E-state index contributed by atoms with van der Waals surface area (Å²) in [5, 5.41) is 7.72. The third-order valence-electron chi connectivity index (χ3n) is 2.56. The van der Waals surface area contributed by atoms with Crippen LogP contribution in [0.4, 0.5) is 0 Å². The monoisotopic (exact) mass is 154 g/mol. The van der Waals surface area contributed by atoms with Crippen molar-refractivity contribution in [1.82, 2.24) is 4.90 Å². The van der Waals surface area contributed by atoms with Gasteiger partial charge in [0.15, 0.2) is 0 Å². The fraction of sp³-hybridized carbons (Fsp3) is 0.889. The molecule has 0 aromatic carbocycles. The van der Waals surface area contributed by atoms with Gasteiger partial charge in [-0.15, -0.1) is 0 Å². The molecule has 64 valence electrons. The normalized spacial score (nSPS) is 22.3. The van der Waals surface area contributed by atoms with Crippen LogP contribution in [0.5, 0.6) is 0 Å². The van der Waals surface area contributed by atoms with Crippen LogP contribution in [-0.4, -0.2) is 22.8 Å². The Hall–Kier alpha value is -0.530. The van der Waals surface area contributed by atoms with E-state index in [1.807, 2.05) is 0 Å². The van der Waals surface area contributed by atoms with E-state index in [1.165, 1.54) is 12.8 Å². The quantitative estimate of drug-likeness (QED) is 0.455. The van der Waals surface area contributed by atoms with Gasteiger partial charge in [0.1, 0.15) is 0 Å². The van der Waals surface area contributed by atoms with Crippen molar-refractivity contribution < 1.29 is 0 Å². The van der Waals surface area contributed by atoms with Crippen molar-refractivity contribution in [2.75, 3.05) is 6.54 Å². The van der Waals surface area contributed by atoms with Crippen molar-refractivity contribution in [2.24, 2.45) is 0 Å². The van der Waals surface area contributed by atoms with E-state index in [9.17, 15) is 0 Å². The summed E-state index contributed by atoms with van der Waals surface area (Å²) in [6, 6.07) is 0. The van der Waals surface area contributed by atoms with Gasteiger partial charge in [-0.1, -0.05) is 6.92 Å². The van der Waals surface area contributed by atoms with Crippen molar-refractivity contribution in [3.05, 3.63) is 0 Å². The molecule has 0 atom stereocenters. The fourth-order valence-electron chi connectivity index (χ4n) is 1.80. The molecule has 0 amide bonds. The number of hydrogen-bond acceptors (Lipinski definition) is 1. The number of amidine groups is 1. The largest absolute Gasteiger partial charge is 0.355 e. The van der Waals surface area contributed by atoms with Crippen LogP contribution in [0.3, 0.4) is 0 Å². The molecular weight excluding hydrogens is 136 g/mol. The molecular formula is C9H18N2. The maximum atomic E-state index is 7.72. The Morgan fingerprint density at radius 1 is 1.55 bits per heavy atom. The Bertz CT molecular complexity index is 161. The molecule has 0 radical (unpaired) electrons. The van der Waals surface area contributed by atoms with E-state index < -0.39 is 0 Å². The van der Waals surface area contributed by atoms with E-state index in [0.717, 1.165) is 18.8 Å². The highest BCUT2D eigenvalue weighted by molar-refractivity contribution is 5.79. The SMILES string of the molecule is CCC(=N)N1CCCC1(C)C. The van der Waals surface area contributed by atoms with Crippen LogP contribution in [-0.2, 0) is 0 Å². The van der Waals surface area contributed by atoms with Gasteiger partial charge >= 0.3 is 0 Å². The molecule has 0 aliphatic carbocycles. The summed E-state index contributed by atoms with van der Waals surface area (Å²) in [7, 11) is 0. The Labute approximate surface area is 69.1 Å². The first-order chi connectivity index (χ1) is 5.08. The second-order valence-electron chi connectivity index (χ2n) is 3.87. The Balaban J connectivity index is 2.64. The topological polar surface area (TPSA) is 27.1 Å².